The number of hydrogen-bond acceptors (Lipinski definition) is 4. The zero-order chi connectivity index (χ0) is 18.7. The highest BCUT2D eigenvalue weighted by Crippen LogP contribution is 2.26. The lowest BCUT2D eigenvalue weighted by atomic mass is 9.92. The quantitative estimate of drug-likeness (QED) is 0.884. The first-order valence-electron chi connectivity index (χ1n) is 9.25. The summed E-state index contributed by atoms with van der Waals surface area (Å²) in [6, 6.07) is 12.2. The van der Waals surface area contributed by atoms with E-state index < -0.39 is 0 Å². The van der Waals surface area contributed by atoms with Gasteiger partial charge in [-0.2, -0.15) is 5.10 Å². The molecule has 1 aromatic carbocycles. The molecule has 1 fully saturated rings. The fourth-order valence-corrected chi connectivity index (χ4v) is 3.09. The highest BCUT2D eigenvalue weighted by atomic mass is 16.2. The second-order valence-electron chi connectivity index (χ2n) is 7.98. The molecule has 140 valence electrons. The van der Waals surface area contributed by atoms with Gasteiger partial charge in [-0.3, -0.25) is 9.69 Å². The third kappa shape index (κ3) is 4.31. The lowest BCUT2D eigenvalue weighted by Crippen LogP contribution is -2.52. The molecule has 26 heavy (non-hydrogen) atoms. The van der Waals surface area contributed by atoms with Gasteiger partial charge in [-0.05, 0) is 19.1 Å². The van der Waals surface area contributed by atoms with Crippen LogP contribution in [0.1, 0.15) is 33.4 Å². The smallest absolute Gasteiger partial charge is 0.239 e. The number of anilines is 1. The molecule has 1 aliphatic rings. The molecule has 1 saturated heterocycles. The Bertz CT molecular complexity index is 747. The molecule has 6 heteroatoms. The number of piperazine rings is 1. The third-order valence-corrected chi connectivity index (χ3v) is 4.73. The Kier molecular flexibility index (Phi) is 5.44. The van der Waals surface area contributed by atoms with Crippen LogP contribution in [0.3, 0.4) is 0 Å². The Balaban J connectivity index is 1.81. The number of rotatable bonds is 4. The molecule has 6 nitrogen and oxygen atoms in total. The topological polar surface area (TPSA) is 62.2 Å². The van der Waals surface area contributed by atoms with Crippen LogP contribution in [-0.4, -0.2) is 52.8 Å². The third-order valence-electron chi connectivity index (χ3n) is 4.73. The van der Waals surface area contributed by atoms with E-state index in [0.717, 1.165) is 31.0 Å². The second kappa shape index (κ2) is 7.60. The summed E-state index contributed by atoms with van der Waals surface area (Å²) in [6.07, 6.45) is 0. The molecule has 1 atom stereocenters. The lowest BCUT2D eigenvalue weighted by molar-refractivity contribution is -0.118. The van der Waals surface area contributed by atoms with Crippen LogP contribution in [0, 0.1) is 0 Å². The van der Waals surface area contributed by atoms with E-state index in [9.17, 15) is 4.79 Å². The minimum Gasteiger partial charge on any atom is -0.314 e. The normalized spacial score (nSPS) is 18.7. The van der Waals surface area contributed by atoms with Crippen LogP contribution < -0.4 is 10.6 Å². The molecular formula is C20H29N5O. The molecule has 1 aliphatic heterocycles. The van der Waals surface area contributed by atoms with Crippen molar-refractivity contribution in [1.29, 1.82) is 0 Å². The van der Waals surface area contributed by atoms with Crippen LogP contribution in [0.2, 0.25) is 0 Å². The van der Waals surface area contributed by atoms with Crippen LogP contribution in [-0.2, 0) is 10.2 Å². The number of aromatic nitrogens is 2. The zero-order valence-corrected chi connectivity index (χ0v) is 16.1. The minimum atomic E-state index is -0.0907. The number of carbonyl (C=O) groups excluding carboxylic acids is 1. The van der Waals surface area contributed by atoms with Gasteiger partial charge in [-0.25, -0.2) is 4.68 Å². The SMILES string of the molecule is C[C@H]1CNCCN1CC(=O)Nc1cc(C(C)(C)C)nn1-c1ccccc1. The van der Waals surface area contributed by atoms with E-state index in [4.69, 9.17) is 5.10 Å². The molecule has 3 rings (SSSR count). The van der Waals surface area contributed by atoms with Crippen molar-refractivity contribution >= 4 is 11.7 Å². The van der Waals surface area contributed by atoms with Crippen molar-refractivity contribution in [3.8, 4) is 5.69 Å². The number of nitrogens with zero attached hydrogens (tertiary/aromatic N) is 3. The summed E-state index contributed by atoms with van der Waals surface area (Å²) in [5, 5.41) is 11.2. The molecule has 2 N–H and O–H groups in total. The molecule has 2 aromatic rings. The number of amides is 1. The van der Waals surface area contributed by atoms with E-state index >= 15 is 0 Å². The summed E-state index contributed by atoms with van der Waals surface area (Å²) < 4.78 is 1.82. The fourth-order valence-electron chi connectivity index (χ4n) is 3.09. The Hall–Kier alpha value is -2.18. The summed E-state index contributed by atoms with van der Waals surface area (Å²) in [5.41, 5.74) is 1.80. The first-order valence-corrected chi connectivity index (χ1v) is 9.25. The van der Waals surface area contributed by atoms with Gasteiger partial charge in [0, 0.05) is 37.2 Å². The largest absolute Gasteiger partial charge is 0.314 e. The van der Waals surface area contributed by atoms with Gasteiger partial charge in [-0.1, -0.05) is 39.0 Å². The van der Waals surface area contributed by atoms with Crippen molar-refractivity contribution in [3.05, 3.63) is 42.1 Å². The number of benzene rings is 1. The van der Waals surface area contributed by atoms with E-state index in [-0.39, 0.29) is 11.3 Å². The van der Waals surface area contributed by atoms with Crippen molar-refractivity contribution in [1.82, 2.24) is 20.0 Å². The molecule has 0 saturated carbocycles. The molecule has 0 unspecified atom stereocenters. The lowest BCUT2D eigenvalue weighted by Gasteiger charge is -2.33. The standard InChI is InChI=1S/C20H29N5O/c1-15-13-21-10-11-24(15)14-19(26)22-18-12-17(20(2,3)4)23-25(18)16-8-6-5-7-9-16/h5-9,12,15,21H,10-11,13-14H2,1-4H3,(H,22,26)/t15-/m0/s1. The Morgan fingerprint density at radius 3 is 2.69 bits per heavy atom. The molecule has 0 spiro atoms. The Morgan fingerprint density at radius 2 is 2.04 bits per heavy atom. The molecule has 0 aliphatic carbocycles. The summed E-state index contributed by atoms with van der Waals surface area (Å²) in [5.74, 6) is 0.713. The summed E-state index contributed by atoms with van der Waals surface area (Å²) in [4.78, 5) is 14.9. The van der Waals surface area contributed by atoms with E-state index in [1.54, 1.807) is 0 Å². The summed E-state index contributed by atoms with van der Waals surface area (Å²) >= 11 is 0. The average Bonchev–Trinajstić information content (AvgIpc) is 3.02. The first kappa shape index (κ1) is 18.6. The predicted octanol–water partition coefficient (Wildman–Crippen LogP) is 2.40. The van der Waals surface area contributed by atoms with Crippen LogP contribution in [0.15, 0.2) is 36.4 Å². The predicted molar refractivity (Wildman–Crippen MR) is 105 cm³/mol. The van der Waals surface area contributed by atoms with Crippen LogP contribution >= 0.6 is 0 Å². The minimum absolute atomic E-state index is 0.00343. The van der Waals surface area contributed by atoms with Gasteiger partial charge < -0.3 is 10.6 Å². The molecule has 2 heterocycles. The summed E-state index contributed by atoms with van der Waals surface area (Å²) in [7, 11) is 0. The highest BCUT2D eigenvalue weighted by molar-refractivity contribution is 5.91. The van der Waals surface area contributed by atoms with Crippen molar-refractivity contribution < 1.29 is 4.79 Å². The van der Waals surface area contributed by atoms with Gasteiger partial charge in [0.05, 0.1) is 17.9 Å². The maximum absolute atomic E-state index is 12.7. The monoisotopic (exact) mass is 355 g/mol. The van der Waals surface area contributed by atoms with Gasteiger partial charge in [-0.15, -0.1) is 0 Å². The van der Waals surface area contributed by atoms with E-state index in [1.165, 1.54) is 0 Å². The first-order chi connectivity index (χ1) is 12.3. The maximum Gasteiger partial charge on any atom is 0.239 e. The van der Waals surface area contributed by atoms with E-state index in [0.29, 0.717) is 18.4 Å². The molecule has 1 aromatic heterocycles. The molecular weight excluding hydrogens is 326 g/mol. The Labute approximate surface area is 155 Å². The zero-order valence-electron chi connectivity index (χ0n) is 16.1. The van der Waals surface area contributed by atoms with E-state index in [1.807, 2.05) is 41.1 Å². The van der Waals surface area contributed by atoms with Gasteiger partial charge >= 0.3 is 0 Å². The van der Waals surface area contributed by atoms with Gasteiger partial charge in [0.15, 0.2) is 0 Å². The number of para-hydroxylation sites is 1. The van der Waals surface area contributed by atoms with Gasteiger partial charge in [0.25, 0.3) is 0 Å². The molecule has 0 bridgehead atoms. The van der Waals surface area contributed by atoms with Gasteiger partial charge in [0.2, 0.25) is 5.91 Å². The maximum atomic E-state index is 12.7. The van der Waals surface area contributed by atoms with Crippen molar-refractivity contribution in [2.45, 2.75) is 39.2 Å². The second-order valence-corrected chi connectivity index (χ2v) is 7.98. The number of carbonyl (C=O) groups is 1. The van der Waals surface area contributed by atoms with E-state index in [2.05, 4.69) is 43.2 Å². The van der Waals surface area contributed by atoms with Crippen LogP contribution in [0.4, 0.5) is 5.82 Å². The van der Waals surface area contributed by atoms with Crippen LogP contribution in [0.5, 0.6) is 0 Å². The fraction of sp³-hybridized carbons (Fsp3) is 0.500. The average molecular weight is 355 g/mol. The molecule has 1 amide bonds. The van der Waals surface area contributed by atoms with Crippen molar-refractivity contribution in [3.63, 3.8) is 0 Å². The highest BCUT2D eigenvalue weighted by Gasteiger charge is 2.23. The summed E-state index contributed by atoms with van der Waals surface area (Å²) in [6.45, 7) is 11.6. The van der Waals surface area contributed by atoms with Crippen LogP contribution in [0.25, 0.3) is 5.69 Å². The van der Waals surface area contributed by atoms with Crippen molar-refractivity contribution in [2.75, 3.05) is 31.5 Å². The molecule has 0 radical (unpaired) electrons. The number of nitrogens with one attached hydrogen (secondary N) is 2. The van der Waals surface area contributed by atoms with Gasteiger partial charge in [0.1, 0.15) is 5.82 Å². The number of hydrogen-bond donors (Lipinski definition) is 2. The Morgan fingerprint density at radius 1 is 1.31 bits per heavy atom. The van der Waals surface area contributed by atoms with Crippen molar-refractivity contribution in [2.24, 2.45) is 0 Å².